The van der Waals surface area contributed by atoms with E-state index in [1.165, 1.54) is 31.4 Å². The smallest absolute Gasteiger partial charge is 0.228 e. The number of halogens is 2. The second-order valence-electron chi connectivity index (χ2n) is 8.28. The molecule has 1 amide bonds. The third kappa shape index (κ3) is 7.11. The molecule has 2 saturated heterocycles. The number of benzene rings is 1. The molecule has 1 atom stereocenters. The summed E-state index contributed by atoms with van der Waals surface area (Å²) in [7, 11) is 1.68. The Labute approximate surface area is 188 Å². The molecule has 1 unspecified atom stereocenters. The second kappa shape index (κ2) is 12.8. The lowest BCUT2D eigenvalue weighted by Gasteiger charge is -2.35. The summed E-state index contributed by atoms with van der Waals surface area (Å²) < 4.78 is 5.36. The van der Waals surface area contributed by atoms with Gasteiger partial charge in [-0.05, 0) is 63.4 Å². The Kier molecular flexibility index (Phi) is 11.5. The van der Waals surface area contributed by atoms with Gasteiger partial charge >= 0.3 is 0 Å². The molecule has 3 rings (SSSR count). The lowest BCUT2D eigenvalue weighted by molar-refractivity contribution is -0.136. The van der Waals surface area contributed by atoms with Crippen LogP contribution >= 0.6 is 24.8 Å². The monoisotopic (exact) mass is 445 g/mol. The van der Waals surface area contributed by atoms with Crippen molar-refractivity contribution in [1.29, 1.82) is 0 Å². The number of rotatable bonds is 7. The predicted octanol–water partition coefficient (Wildman–Crippen LogP) is 3.54. The van der Waals surface area contributed by atoms with E-state index in [0.29, 0.717) is 19.2 Å². The van der Waals surface area contributed by atoms with Crippen molar-refractivity contribution in [2.75, 3.05) is 33.4 Å². The number of carbonyl (C=O) groups is 1. The van der Waals surface area contributed by atoms with Crippen molar-refractivity contribution >= 4 is 30.7 Å². The summed E-state index contributed by atoms with van der Waals surface area (Å²) >= 11 is 0. The zero-order valence-corrected chi connectivity index (χ0v) is 19.4. The molecule has 1 aromatic carbocycles. The van der Waals surface area contributed by atoms with Crippen molar-refractivity contribution in [3.05, 3.63) is 35.4 Å². The van der Waals surface area contributed by atoms with Crippen molar-refractivity contribution in [2.45, 2.75) is 58.2 Å². The van der Waals surface area contributed by atoms with Crippen molar-refractivity contribution < 1.29 is 9.53 Å². The average molecular weight is 446 g/mol. The van der Waals surface area contributed by atoms with Crippen molar-refractivity contribution in [3.63, 3.8) is 0 Å². The Hall–Kier alpha value is -0.850. The van der Waals surface area contributed by atoms with E-state index in [9.17, 15) is 4.79 Å². The standard InChI is InChI=1S/C22H35N3O2.2ClH/c1-18-5-3-4-14-25(18)16-20-8-6-19(7-9-20)15-24-21(26)22(17-27-2)10-12-23-13-11-22;;/h6-9,18,23H,3-5,10-17H2,1-2H3,(H,24,26);2*1H. The largest absolute Gasteiger partial charge is 0.384 e. The van der Waals surface area contributed by atoms with Crippen molar-refractivity contribution in [1.82, 2.24) is 15.5 Å². The minimum absolute atomic E-state index is 0. The number of likely N-dealkylation sites (tertiary alicyclic amines) is 1. The van der Waals surface area contributed by atoms with Crippen LogP contribution in [0, 0.1) is 5.41 Å². The molecule has 0 bridgehead atoms. The van der Waals surface area contributed by atoms with Gasteiger partial charge in [0.2, 0.25) is 5.91 Å². The first kappa shape index (κ1) is 26.2. The molecule has 7 heteroatoms. The quantitative estimate of drug-likeness (QED) is 0.673. The van der Waals surface area contributed by atoms with Crippen LogP contribution in [-0.4, -0.2) is 50.2 Å². The second-order valence-corrected chi connectivity index (χ2v) is 8.28. The molecule has 0 aliphatic carbocycles. The number of methoxy groups -OCH3 is 1. The van der Waals surface area contributed by atoms with Gasteiger partial charge in [-0.1, -0.05) is 30.7 Å². The van der Waals surface area contributed by atoms with Gasteiger partial charge < -0.3 is 15.4 Å². The normalized spacial score (nSPS) is 21.5. The number of hydrogen-bond acceptors (Lipinski definition) is 4. The Morgan fingerprint density at radius 2 is 1.83 bits per heavy atom. The van der Waals surface area contributed by atoms with E-state index in [0.717, 1.165) is 38.0 Å². The van der Waals surface area contributed by atoms with E-state index in [1.807, 2.05) is 0 Å². The fourth-order valence-corrected chi connectivity index (χ4v) is 4.38. The topological polar surface area (TPSA) is 53.6 Å². The Balaban J connectivity index is 0.00000210. The third-order valence-corrected chi connectivity index (χ3v) is 6.27. The van der Waals surface area contributed by atoms with E-state index >= 15 is 0 Å². The van der Waals surface area contributed by atoms with Gasteiger partial charge in [-0.3, -0.25) is 9.69 Å². The van der Waals surface area contributed by atoms with Crippen LogP contribution in [0.15, 0.2) is 24.3 Å². The summed E-state index contributed by atoms with van der Waals surface area (Å²) in [5.41, 5.74) is 2.12. The minimum Gasteiger partial charge on any atom is -0.384 e. The van der Waals surface area contributed by atoms with Gasteiger partial charge in [0.05, 0.1) is 12.0 Å². The summed E-state index contributed by atoms with van der Waals surface area (Å²) in [5.74, 6) is 0.122. The summed E-state index contributed by atoms with van der Waals surface area (Å²) in [6.45, 7) is 7.39. The molecule has 0 saturated carbocycles. The number of piperidine rings is 2. The Bertz CT molecular complexity index is 601. The van der Waals surface area contributed by atoms with E-state index in [1.54, 1.807) is 7.11 Å². The molecule has 1 aromatic rings. The van der Waals surface area contributed by atoms with Crippen LogP contribution in [0.3, 0.4) is 0 Å². The van der Waals surface area contributed by atoms with Crippen LogP contribution in [-0.2, 0) is 22.6 Å². The van der Waals surface area contributed by atoms with Crippen LogP contribution in [0.25, 0.3) is 0 Å². The highest BCUT2D eigenvalue weighted by Crippen LogP contribution is 2.29. The van der Waals surface area contributed by atoms with Crippen LogP contribution in [0.1, 0.15) is 50.2 Å². The lowest BCUT2D eigenvalue weighted by Crippen LogP contribution is -2.49. The highest BCUT2D eigenvalue weighted by molar-refractivity contribution is 5.85. The van der Waals surface area contributed by atoms with Crippen molar-refractivity contribution in [3.8, 4) is 0 Å². The molecule has 2 N–H and O–H groups in total. The molecule has 0 spiro atoms. The predicted molar refractivity (Wildman–Crippen MR) is 123 cm³/mol. The molecule has 29 heavy (non-hydrogen) atoms. The van der Waals surface area contributed by atoms with Crippen LogP contribution in [0.5, 0.6) is 0 Å². The first-order valence-electron chi connectivity index (χ1n) is 10.4. The maximum absolute atomic E-state index is 12.8. The third-order valence-electron chi connectivity index (χ3n) is 6.27. The number of carbonyl (C=O) groups excluding carboxylic acids is 1. The minimum atomic E-state index is -0.385. The summed E-state index contributed by atoms with van der Waals surface area (Å²) in [6, 6.07) is 9.39. The molecule has 2 heterocycles. The number of hydrogen-bond donors (Lipinski definition) is 2. The van der Waals surface area contributed by atoms with Gasteiger partial charge in [-0.15, -0.1) is 24.8 Å². The molecule has 2 aliphatic rings. The molecule has 2 fully saturated rings. The van der Waals surface area contributed by atoms with E-state index in [2.05, 4.69) is 46.7 Å². The van der Waals surface area contributed by atoms with Crippen LogP contribution in [0.4, 0.5) is 0 Å². The Morgan fingerprint density at radius 1 is 1.17 bits per heavy atom. The number of nitrogens with one attached hydrogen (secondary N) is 2. The molecule has 5 nitrogen and oxygen atoms in total. The maximum Gasteiger partial charge on any atom is 0.228 e. The highest BCUT2D eigenvalue weighted by Gasteiger charge is 2.39. The number of ether oxygens (including phenoxy) is 1. The van der Waals surface area contributed by atoms with Gasteiger partial charge in [0, 0.05) is 26.2 Å². The van der Waals surface area contributed by atoms with E-state index < -0.39 is 0 Å². The molecule has 2 aliphatic heterocycles. The van der Waals surface area contributed by atoms with Crippen molar-refractivity contribution in [2.24, 2.45) is 5.41 Å². The molecular weight excluding hydrogens is 409 g/mol. The number of nitrogens with zero attached hydrogens (tertiary/aromatic N) is 1. The summed E-state index contributed by atoms with van der Waals surface area (Å²) in [5, 5.41) is 6.47. The zero-order valence-electron chi connectivity index (χ0n) is 17.7. The van der Waals surface area contributed by atoms with Gasteiger partial charge in [0.25, 0.3) is 0 Å². The SMILES string of the molecule is COCC1(C(=O)NCc2ccc(CN3CCCCC3C)cc2)CCNCC1.Cl.Cl. The lowest BCUT2D eigenvalue weighted by atomic mass is 9.78. The summed E-state index contributed by atoms with van der Waals surface area (Å²) in [4.78, 5) is 15.4. The van der Waals surface area contributed by atoms with Gasteiger partial charge in [0.1, 0.15) is 0 Å². The van der Waals surface area contributed by atoms with Gasteiger partial charge in [-0.2, -0.15) is 0 Å². The van der Waals surface area contributed by atoms with Crippen LogP contribution in [0.2, 0.25) is 0 Å². The highest BCUT2D eigenvalue weighted by atomic mass is 35.5. The first-order chi connectivity index (χ1) is 13.1. The fraction of sp³-hybridized carbons (Fsp3) is 0.682. The molecule has 166 valence electrons. The zero-order chi connectivity index (χ0) is 19.1. The van der Waals surface area contributed by atoms with E-state index in [-0.39, 0.29) is 36.1 Å². The van der Waals surface area contributed by atoms with Gasteiger partial charge in [0.15, 0.2) is 0 Å². The maximum atomic E-state index is 12.8. The van der Waals surface area contributed by atoms with Crippen LogP contribution < -0.4 is 10.6 Å². The van der Waals surface area contributed by atoms with Gasteiger partial charge in [-0.25, -0.2) is 0 Å². The molecule has 0 aromatic heterocycles. The average Bonchev–Trinajstić information content (AvgIpc) is 2.70. The molecular formula is C22H37Cl2N3O2. The summed E-state index contributed by atoms with van der Waals surface area (Å²) in [6.07, 6.45) is 5.65. The molecule has 0 radical (unpaired) electrons. The number of amides is 1. The first-order valence-corrected chi connectivity index (χ1v) is 10.4. The van der Waals surface area contributed by atoms with E-state index in [4.69, 9.17) is 4.74 Å². The fourth-order valence-electron chi connectivity index (χ4n) is 4.38. The Morgan fingerprint density at radius 3 is 2.45 bits per heavy atom.